The van der Waals surface area contributed by atoms with Gasteiger partial charge in [-0.2, -0.15) is 0 Å². The average Bonchev–Trinajstić information content (AvgIpc) is 2.72. The maximum Gasteiger partial charge on any atom is 0.319 e. The van der Waals surface area contributed by atoms with Gasteiger partial charge in [0.15, 0.2) is 0 Å². The van der Waals surface area contributed by atoms with Crippen LogP contribution in [0.1, 0.15) is 25.7 Å². The van der Waals surface area contributed by atoms with Crippen molar-refractivity contribution in [3.63, 3.8) is 0 Å². The summed E-state index contributed by atoms with van der Waals surface area (Å²) in [5.74, 6) is -0.152. The van der Waals surface area contributed by atoms with Gasteiger partial charge in [-0.25, -0.2) is 9.18 Å². The van der Waals surface area contributed by atoms with Crippen molar-refractivity contribution in [1.82, 2.24) is 15.5 Å². The van der Waals surface area contributed by atoms with Crippen LogP contribution in [0.2, 0.25) is 0 Å². The molecule has 3 amide bonds. The number of nitrogens with zero attached hydrogens (tertiary/aromatic N) is 1. The van der Waals surface area contributed by atoms with E-state index >= 15 is 0 Å². The first kappa shape index (κ1) is 20.5. The Hall–Kier alpha value is -2.19. The van der Waals surface area contributed by atoms with Crippen molar-refractivity contribution >= 4 is 17.6 Å². The number of likely N-dealkylation sites (tertiary alicyclic amines) is 1. The molecule has 1 aromatic rings. The molecule has 7 nitrogen and oxygen atoms in total. The molecule has 2 aliphatic rings. The van der Waals surface area contributed by atoms with Crippen LogP contribution in [0.15, 0.2) is 24.3 Å². The largest absolute Gasteiger partial charge is 0.368 e. The van der Waals surface area contributed by atoms with Crippen molar-refractivity contribution in [3.8, 4) is 0 Å². The summed E-state index contributed by atoms with van der Waals surface area (Å²) in [6.45, 7) is 3.35. The van der Waals surface area contributed by atoms with Gasteiger partial charge in [0, 0.05) is 32.4 Å². The predicted molar refractivity (Wildman–Crippen MR) is 105 cm³/mol. The van der Waals surface area contributed by atoms with E-state index in [9.17, 15) is 14.0 Å². The molecule has 0 aromatic heterocycles. The Balaban J connectivity index is 1.50. The van der Waals surface area contributed by atoms with E-state index in [1.54, 1.807) is 19.2 Å². The normalized spacial score (nSPS) is 21.8. The summed E-state index contributed by atoms with van der Waals surface area (Å²) in [6.07, 6.45) is 3.21. The molecule has 28 heavy (non-hydrogen) atoms. The smallest absolute Gasteiger partial charge is 0.319 e. The summed E-state index contributed by atoms with van der Waals surface area (Å²) in [6, 6.07) is 5.39. The van der Waals surface area contributed by atoms with E-state index in [2.05, 4.69) is 16.0 Å². The molecule has 3 rings (SSSR count). The number of halogens is 1. The monoisotopic (exact) mass is 392 g/mol. The molecule has 0 aliphatic carbocycles. The van der Waals surface area contributed by atoms with Crippen LogP contribution in [0.3, 0.4) is 0 Å². The average molecular weight is 392 g/mol. The highest BCUT2D eigenvalue weighted by atomic mass is 19.1. The molecule has 1 atom stereocenters. The molecule has 8 heteroatoms. The summed E-state index contributed by atoms with van der Waals surface area (Å²) in [5, 5.41) is 8.72. The van der Waals surface area contributed by atoms with Crippen LogP contribution >= 0.6 is 0 Å². The van der Waals surface area contributed by atoms with E-state index in [0.717, 1.165) is 32.5 Å². The van der Waals surface area contributed by atoms with Gasteiger partial charge in [-0.1, -0.05) is 6.07 Å². The third-order valence-electron chi connectivity index (χ3n) is 5.63. The summed E-state index contributed by atoms with van der Waals surface area (Å²) >= 11 is 0. The van der Waals surface area contributed by atoms with E-state index < -0.39 is 11.4 Å². The van der Waals surface area contributed by atoms with Crippen LogP contribution in [-0.4, -0.2) is 62.3 Å². The Labute approximate surface area is 165 Å². The number of rotatable bonds is 5. The molecular weight excluding hydrogens is 363 g/mol. The Bertz CT molecular complexity index is 694. The summed E-state index contributed by atoms with van der Waals surface area (Å²) in [4.78, 5) is 27.1. The minimum Gasteiger partial charge on any atom is -0.368 e. The first-order valence-electron chi connectivity index (χ1n) is 9.88. The summed E-state index contributed by atoms with van der Waals surface area (Å²) in [7, 11) is 1.61. The predicted octanol–water partition coefficient (Wildman–Crippen LogP) is 1.95. The topological polar surface area (TPSA) is 82.7 Å². The number of carbonyl (C=O) groups excluding carboxylic acids is 2. The number of amides is 3. The Morgan fingerprint density at radius 2 is 2.14 bits per heavy atom. The fourth-order valence-corrected chi connectivity index (χ4v) is 4.02. The molecule has 3 N–H and O–H groups in total. The van der Waals surface area contributed by atoms with Gasteiger partial charge in [0.25, 0.3) is 5.91 Å². The number of nitrogens with one attached hydrogen (secondary N) is 3. The van der Waals surface area contributed by atoms with E-state index in [0.29, 0.717) is 31.6 Å². The number of ether oxygens (including phenoxy) is 1. The first-order valence-corrected chi connectivity index (χ1v) is 9.88. The van der Waals surface area contributed by atoms with E-state index in [1.165, 1.54) is 12.1 Å². The second-order valence-corrected chi connectivity index (χ2v) is 7.55. The first-order chi connectivity index (χ1) is 13.5. The minimum absolute atomic E-state index is 0.0606. The van der Waals surface area contributed by atoms with Crippen molar-refractivity contribution in [1.29, 1.82) is 0 Å². The molecule has 0 bridgehead atoms. The molecule has 0 spiro atoms. The highest BCUT2D eigenvalue weighted by Crippen LogP contribution is 2.27. The number of benzene rings is 1. The molecule has 0 radical (unpaired) electrons. The summed E-state index contributed by atoms with van der Waals surface area (Å²) < 4.78 is 18.9. The lowest BCUT2D eigenvalue weighted by Gasteiger charge is -2.41. The molecule has 154 valence electrons. The molecule has 0 saturated carbocycles. The Kier molecular flexibility index (Phi) is 6.85. The zero-order chi connectivity index (χ0) is 20.0. The van der Waals surface area contributed by atoms with E-state index in [4.69, 9.17) is 4.74 Å². The van der Waals surface area contributed by atoms with Crippen LogP contribution < -0.4 is 16.0 Å². The Morgan fingerprint density at radius 1 is 1.36 bits per heavy atom. The lowest BCUT2D eigenvalue weighted by molar-refractivity contribution is -0.160. The third kappa shape index (κ3) is 4.99. The van der Waals surface area contributed by atoms with Gasteiger partial charge in [0.2, 0.25) is 0 Å². The minimum atomic E-state index is -0.727. The maximum atomic E-state index is 13.2. The lowest BCUT2D eigenvalue weighted by atomic mass is 9.88. The fraction of sp³-hybridized carbons (Fsp3) is 0.600. The summed E-state index contributed by atoms with van der Waals surface area (Å²) in [5.41, 5.74) is -0.319. The van der Waals surface area contributed by atoms with E-state index in [1.807, 2.05) is 4.90 Å². The zero-order valence-corrected chi connectivity index (χ0v) is 16.3. The number of hydrogen-bond donors (Lipinski definition) is 3. The van der Waals surface area contributed by atoms with Gasteiger partial charge in [-0.05, 0) is 62.9 Å². The van der Waals surface area contributed by atoms with Gasteiger partial charge in [-0.3, -0.25) is 4.79 Å². The van der Waals surface area contributed by atoms with Crippen molar-refractivity contribution in [2.45, 2.75) is 31.3 Å². The highest BCUT2D eigenvalue weighted by Gasteiger charge is 2.43. The van der Waals surface area contributed by atoms with Crippen LogP contribution in [0, 0.1) is 11.7 Å². The van der Waals surface area contributed by atoms with Crippen molar-refractivity contribution in [2.75, 3.05) is 45.2 Å². The number of piperidine rings is 2. The fourth-order valence-electron chi connectivity index (χ4n) is 4.02. The molecule has 1 unspecified atom stereocenters. The molecular formula is C20H29FN4O3. The number of urea groups is 1. The van der Waals surface area contributed by atoms with Crippen LogP contribution in [0.4, 0.5) is 14.9 Å². The van der Waals surface area contributed by atoms with Gasteiger partial charge in [0.1, 0.15) is 11.4 Å². The van der Waals surface area contributed by atoms with Gasteiger partial charge < -0.3 is 25.6 Å². The lowest BCUT2D eigenvalue weighted by Crippen LogP contribution is -2.57. The SMILES string of the molecule is COC1(C(=O)N2CCCC(CNC(=O)Nc3cccc(F)c3)C2)CCNCC1. The van der Waals surface area contributed by atoms with Gasteiger partial charge >= 0.3 is 6.03 Å². The van der Waals surface area contributed by atoms with Gasteiger partial charge in [-0.15, -0.1) is 0 Å². The van der Waals surface area contributed by atoms with Crippen molar-refractivity contribution < 1.29 is 18.7 Å². The number of carbonyl (C=O) groups is 2. The second kappa shape index (κ2) is 9.34. The van der Waals surface area contributed by atoms with Gasteiger partial charge in [0.05, 0.1) is 0 Å². The van der Waals surface area contributed by atoms with Crippen molar-refractivity contribution in [2.24, 2.45) is 5.92 Å². The zero-order valence-electron chi connectivity index (χ0n) is 16.3. The maximum absolute atomic E-state index is 13.2. The molecule has 2 heterocycles. The molecule has 2 fully saturated rings. The third-order valence-corrected chi connectivity index (χ3v) is 5.63. The van der Waals surface area contributed by atoms with Crippen LogP contribution in [-0.2, 0) is 9.53 Å². The quantitative estimate of drug-likeness (QED) is 0.715. The highest BCUT2D eigenvalue weighted by molar-refractivity contribution is 5.89. The number of methoxy groups -OCH3 is 1. The van der Waals surface area contributed by atoms with Crippen LogP contribution in [0.25, 0.3) is 0 Å². The molecule has 2 saturated heterocycles. The second-order valence-electron chi connectivity index (χ2n) is 7.55. The standard InChI is InChI=1S/C20H29FN4O3/c1-28-20(7-9-22-10-8-20)18(26)25-11-3-4-15(14-25)13-23-19(27)24-17-6-2-5-16(21)12-17/h2,5-6,12,15,22H,3-4,7-11,13-14H2,1H3,(H2,23,24,27). The number of hydrogen-bond acceptors (Lipinski definition) is 4. The van der Waals surface area contributed by atoms with E-state index in [-0.39, 0.29) is 17.9 Å². The molecule has 1 aromatic carbocycles. The van der Waals surface area contributed by atoms with Crippen LogP contribution in [0.5, 0.6) is 0 Å². The number of anilines is 1. The molecule has 2 aliphatic heterocycles. The Morgan fingerprint density at radius 3 is 2.86 bits per heavy atom. The van der Waals surface area contributed by atoms with Crippen molar-refractivity contribution in [3.05, 3.63) is 30.1 Å².